The van der Waals surface area contributed by atoms with E-state index in [1.54, 1.807) is 7.05 Å². The number of halogens is 1. The molecule has 2 N–H and O–H groups in total. The monoisotopic (exact) mass is 447 g/mol. The lowest BCUT2D eigenvalue weighted by Crippen LogP contribution is -2.45. The zero-order chi connectivity index (χ0) is 15.7. The van der Waals surface area contributed by atoms with Gasteiger partial charge in [0.05, 0.1) is 19.0 Å². The first kappa shape index (κ1) is 21.9. The van der Waals surface area contributed by atoms with E-state index in [2.05, 4.69) is 22.5 Å². The van der Waals surface area contributed by atoms with Gasteiger partial charge in [-0.2, -0.15) is 0 Å². The molecule has 2 atom stereocenters. The molecule has 0 radical (unpaired) electrons. The number of nitrogens with one attached hydrogen (secondary N) is 2. The van der Waals surface area contributed by atoms with Gasteiger partial charge in [0, 0.05) is 25.9 Å². The van der Waals surface area contributed by atoms with E-state index >= 15 is 0 Å². The van der Waals surface area contributed by atoms with E-state index in [1.807, 2.05) is 0 Å². The van der Waals surface area contributed by atoms with E-state index in [9.17, 15) is 8.42 Å². The second-order valence-electron chi connectivity index (χ2n) is 5.85. The van der Waals surface area contributed by atoms with Crippen molar-refractivity contribution >= 4 is 39.8 Å². The van der Waals surface area contributed by atoms with Crippen LogP contribution in [0.2, 0.25) is 0 Å². The number of rotatable bonds is 7. The molecular weight excluding hydrogens is 417 g/mol. The average molecular weight is 447 g/mol. The highest BCUT2D eigenvalue weighted by Crippen LogP contribution is 2.23. The van der Waals surface area contributed by atoms with Crippen molar-refractivity contribution in [2.24, 2.45) is 10.9 Å². The molecule has 1 rings (SSSR count). The SMILES string of the molecule is CN=C(NCCOCCS(C)(=O)=O)NC1CCCC(C)C1.I. The van der Waals surface area contributed by atoms with Crippen LogP contribution in [-0.2, 0) is 14.6 Å². The maximum absolute atomic E-state index is 10.9. The van der Waals surface area contributed by atoms with Crippen LogP contribution in [0.4, 0.5) is 0 Å². The molecule has 1 aliphatic carbocycles. The Morgan fingerprint density at radius 3 is 2.64 bits per heavy atom. The van der Waals surface area contributed by atoms with Gasteiger partial charge in [-0.25, -0.2) is 8.42 Å². The van der Waals surface area contributed by atoms with Crippen molar-refractivity contribution in [3.8, 4) is 0 Å². The van der Waals surface area contributed by atoms with E-state index in [-0.39, 0.29) is 36.3 Å². The minimum atomic E-state index is -2.94. The third-order valence-electron chi connectivity index (χ3n) is 3.64. The summed E-state index contributed by atoms with van der Waals surface area (Å²) < 4.78 is 27.2. The fourth-order valence-electron chi connectivity index (χ4n) is 2.51. The molecule has 8 heteroatoms. The molecule has 6 nitrogen and oxygen atoms in total. The van der Waals surface area contributed by atoms with Crippen LogP contribution < -0.4 is 10.6 Å². The molecule has 1 saturated carbocycles. The Morgan fingerprint density at radius 1 is 1.32 bits per heavy atom. The summed E-state index contributed by atoms with van der Waals surface area (Å²) in [7, 11) is -1.18. The standard InChI is InChI=1S/C14H29N3O3S.HI/c1-12-5-4-6-13(11-12)17-14(15-2)16-7-8-20-9-10-21(3,18)19;/h12-13H,4-11H2,1-3H3,(H2,15,16,17);1H. The van der Waals surface area contributed by atoms with Crippen LogP contribution in [0.25, 0.3) is 0 Å². The predicted octanol–water partition coefficient (Wildman–Crippen LogP) is 1.41. The summed E-state index contributed by atoms with van der Waals surface area (Å²) in [6, 6.07) is 0.492. The molecule has 0 bridgehead atoms. The van der Waals surface area contributed by atoms with E-state index in [4.69, 9.17) is 4.74 Å². The molecule has 1 fully saturated rings. The second kappa shape index (κ2) is 11.4. The van der Waals surface area contributed by atoms with E-state index in [0.717, 1.165) is 11.9 Å². The van der Waals surface area contributed by atoms with Crippen molar-refractivity contribution < 1.29 is 13.2 Å². The third kappa shape index (κ3) is 10.6. The molecule has 22 heavy (non-hydrogen) atoms. The number of hydrogen-bond acceptors (Lipinski definition) is 4. The summed E-state index contributed by atoms with van der Waals surface area (Å²) in [6.45, 7) is 3.62. The molecule has 0 aromatic carbocycles. The minimum Gasteiger partial charge on any atom is -0.379 e. The van der Waals surface area contributed by atoms with E-state index in [1.165, 1.54) is 31.9 Å². The molecule has 0 amide bonds. The first-order valence-corrected chi connectivity index (χ1v) is 9.69. The number of aliphatic imine (C=N–C) groups is 1. The maximum Gasteiger partial charge on any atom is 0.191 e. The van der Waals surface area contributed by atoms with Crippen LogP contribution in [0.5, 0.6) is 0 Å². The lowest BCUT2D eigenvalue weighted by atomic mass is 9.87. The Morgan fingerprint density at radius 2 is 2.05 bits per heavy atom. The molecule has 2 unspecified atom stereocenters. The number of ether oxygens (including phenoxy) is 1. The zero-order valence-electron chi connectivity index (χ0n) is 13.8. The highest BCUT2D eigenvalue weighted by molar-refractivity contribution is 14.0. The summed E-state index contributed by atoms with van der Waals surface area (Å²) in [4.78, 5) is 4.21. The quantitative estimate of drug-likeness (QED) is 0.267. The largest absolute Gasteiger partial charge is 0.379 e. The molecule has 0 aromatic rings. The van der Waals surface area contributed by atoms with Crippen molar-refractivity contribution in [2.75, 3.05) is 38.8 Å². The van der Waals surface area contributed by atoms with Gasteiger partial charge in [0.2, 0.25) is 0 Å². The molecule has 0 aromatic heterocycles. The fraction of sp³-hybridized carbons (Fsp3) is 0.929. The normalized spacial score (nSPS) is 22.8. The predicted molar refractivity (Wildman–Crippen MR) is 102 cm³/mol. The summed E-state index contributed by atoms with van der Waals surface area (Å²) in [5, 5.41) is 6.63. The zero-order valence-corrected chi connectivity index (χ0v) is 16.9. The Hall–Kier alpha value is -0.0900. The highest BCUT2D eigenvalue weighted by Gasteiger charge is 2.19. The van der Waals surface area contributed by atoms with Crippen LogP contribution in [0.15, 0.2) is 4.99 Å². The smallest absolute Gasteiger partial charge is 0.191 e. The van der Waals surface area contributed by atoms with Crippen molar-refractivity contribution in [3.63, 3.8) is 0 Å². The van der Waals surface area contributed by atoms with Crippen molar-refractivity contribution in [3.05, 3.63) is 0 Å². The second-order valence-corrected chi connectivity index (χ2v) is 8.11. The first-order valence-electron chi connectivity index (χ1n) is 7.63. The van der Waals surface area contributed by atoms with Crippen molar-refractivity contribution in [1.82, 2.24) is 10.6 Å². The average Bonchev–Trinajstić information content (AvgIpc) is 2.40. The van der Waals surface area contributed by atoms with Gasteiger partial charge < -0.3 is 15.4 Å². The number of hydrogen-bond donors (Lipinski definition) is 2. The topological polar surface area (TPSA) is 79.8 Å². The summed E-state index contributed by atoms with van der Waals surface area (Å²) in [5.41, 5.74) is 0. The number of nitrogens with zero attached hydrogens (tertiary/aromatic N) is 1. The van der Waals surface area contributed by atoms with Crippen LogP contribution in [0.1, 0.15) is 32.6 Å². The summed E-state index contributed by atoms with van der Waals surface area (Å²) >= 11 is 0. The Labute approximate surface area is 151 Å². The Bertz CT molecular complexity index is 429. The van der Waals surface area contributed by atoms with Crippen LogP contribution in [0, 0.1) is 5.92 Å². The summed E-state index contributed by atoms with van der Waals surface area (Å²) in [6.07, 6.45) is 6.18. The van der Waals surface area contributed by atoms with Gasteiger partial charge in [-0.15, -0.1) is 24.0 Å². The van der Waals surface area contributed by atoms with Crippen LogP contribution >= 0.6 is 24.0 Å². The summed E-state index contributed by atoms with van der Waals surface area (Å²) in [5.74, 6) is 1.63. The van der Waals surface area contributed by atoms with Gasteiger partial charge in [-0.3, -0.25) is 4.99 Å². The highest BCUT2D eigenvalue weighted by atomic mass is 127. The third-order valence-corrected chi connectivity index (χ3v) is 4.55. The van der Waals surface area contributed by atoms with Crippen molar-refractivity contribution in [2.45, 2.75) is 38.6 Å². The molecule has 0 aliphatic heterocycles. The Kier molecular flexibility index (Phi) is 11.4. The van der Waals surface area contributed by atoms with Gasteiger partial charge in [0.25, 0.3) is 0 Å². The van der Waals surface area contributed by atoms with Gasteiger partial charge in [-0.05, 0) is 18.8 Å². The lowest BCUT2D eigenvalue weighted by Gasteiger charge is -2.28. The molecular formula is C14H30IN3O3S. The molecule has 132 valence electrons. The van der Waals surface area contributed by atoms with E-state index in [0.29, 0.717) is 19.2 Å². The first-order chi connectivity index (χ1) is 9.90. The number of sulfone groups is 1. The van der Waals surface area contributed by atoms with Gasteiger partial charge in [-0.1, -0.05) is 19.8 Å². The van der Waals surface area contributed by atoms with E-state index < -0.39 is 9.84 Å². The molecule has 0 saturated heterocycles. The fourth-order valence-corrected chi connectivity index (χ4v) is 2.93. The Balaban J connectivity index is 0.00000441. The molecule has 0 heterocycles. The van der Waals surface area contributed by atoms with Gasteiger partial charge in [0.1, 0.15) is 9.84 Å². The molecule has 0 spiro atoms. The van der Waals surface area contributed by atoms with Crippen LogP contribution in [0.3, 0.4) is 0 Å². The van der Waals surface area contributed by atoms with Gasteiger partial charge >= 0.3 is 0 Å². The molecule has 1 aliphatic rings. The van der Waals surface area contributed by atoms with Crippen molar-refractivity contribution in [1.29, 1.82) is 0 Å². The van der Waals surface area contributed by atoms with Gasteiger partial charge in [0.15, 0.2) is 5.96 Å². The minimum absolute atomic E-state index is 0. The lowest BCUT2D eigenvalue weighted by molar-refractivity contribution is 0.153. The van der Waals surface area contributed by atoms with Crippen LogP contribution in [-0.4, -0.2) is 59.2 Å². The number of guanidine groups is 1. The maximum atomic E-state index is 10.9.